The summed E-state index contributed by atoms with van der Waals surface area (Å²) in [4.78, 5) is 22.2. The Morgan fingerprint density at radius 2 is 2.04 bits per heavy atom. The van der Waals surface area contributed by atoms with Gasteiger partial charge in [-0.05, 0) is 18.1 Å². The number of nitrogens with zero attached hydrogens (tertiary/aromatic N) is 2. The van der Waals surface area contributed by atoms with E-state index in [9.17, 15) is 9.90 Å². The molecule has 1 atom stereocenters. The van der Waals surface area contributed by atoms with Crippen molar-refractivity contribution in [3.63, 3.8) is 0 Å². The number of Topliss-reactive ketones (excluding diaryl/α,β-unsaturated/α-hetero) is 1. The molecular formula is C18H17Cl2N3O2S. The summed E-state index contributed by atoms with van der Waals surface area (Å²) >= 11 is 13.4. The molecule has 3 rings (SSSR count). The standard InChI is InChI=1S/C18H17Cl2N3O2S/c1-8(7-24)5-13-22-16(10-3-4-11(19)12(20)6-10)14-15(21)17(9(2)25)26-18(14)23-13/h3-4,6,8,24H,5,7,21H2,1-2H3/t8-/m0/s1. The molecule has 0 bridgehead atoms. The third kappa shape index (κ3) is 3.55. The Morgan fingerprint density at radius 1 is 1.31 bits per heavy atom. The largest absolute Gasteiger partial charge is 0.397 e. The lowest BCUT2D eigenvalue weighted by Crippen LogP contribution is -2.08. The molecule has 3 N–H and O–H groups in total. The van der Waals surface area contributed by atoms with Crippen LogP contribution in [0, 0.1) is 5.92 Å². The van der Waals surface area contributed by atoms with Crippen LogP contribution >= 0.6 is 34.5 Å². The molecule has 0 unspecified atom stereocenters. The minimum Gasteiger partial charge on any atom is -0.397 e. The number of benzene rings is 1. The molecule has 0 amide bonds. The topological polar surface area (TPSA) is 89.1 Å². The smallest absolute Gasteiger partial charge is 0.171 e. The van der Waals surface area contributed by atoms with Crippen LogP contribution in [-0.4, -0.2) is 27.5 Å². The highest BCUT2D eigenvalue weighted by Gasteiger charge is 2.21. The number of carbonyl (C=O) groups is 1. The normalized spacial score (nSPS) is 12.5. The molecule has 8 heteroatoms. The number of rotatable bonds is 5. The van der Waals surface area contributed by atoms with Crippen molar-refractivity contribution in [2.24, 2.45) is 5.92 Å². The molecule has 0 aliphatic carbocycles. The number of aromatic nitrogens is 2. The number of hydrogen-bond donors (Lipinski definition) is 2. The Kier molecular flexibility index (Phi) is 5.48. The Hall–Kier alpha value is -1.73. The van der Waals surface area contributed by atoms with Crippen molar-refractivity contribution in [1.82, 2.24) is 9.97 Å². The highest BCUT2D eigenvalue weighted by Crippen LogP contribution is 2.40. The molecule has 136 valence electrons. The van der Waals surface area contributed by atoms with Gasteiger partial charge in [0.05, 0.1) is 31.7 Å². The zero-order valence-electron chi connectivity index (χ0n) is 14.2. The van der Waals surface area contributed by atoms with Crippen LogP contribution in [0.4, 0.5) is 5.69 Å². The average Bonchev–Trinajstić information content (AvgIpc) is 2.93. The van der Waals surface area contributed by atoms with Crippen LogP contribution in [0.25, 0.3) is 21.5 Å². The minimum atomic E-state index is -0.115. The van der Waals surface area contributed by atoms with Gasteiger partial charge in [-0.15, -0.1) is 11.3 Å². The molecule has 26 heavy (non-hydrogen) atoms. The van der Waals surface area contributed by atoms with E-state index in [2.05, 4.69) is 9.97 Å². The maximum Gasteiger partial charge on any atom is 0.171 e. The van der Waals surface area contributed by atoms with E-state index < -0.39 is 0 Å². The summed E-state index contributed by atoms with van der Waals surface area (Å²) in [5.74, 6) is 0.478. The van der Waals surface area contributed by atoms with Gasteiger partial charge in [-0.2, -0.15) is 0 Å². The minimum absolute atomic E-state index is 0.0127. The van der Waals surface area contributed by atoms with Crippen molar-refractivity contribution in [1.29, 1.82) is 0 Å². The molecule has 0 spiro atoms. The van der Waals surface area contributed by atoms with E-state index in [0.717, 1.165) is 5.56 Å². The Bertz CT molecular complexity index is 1000. The fourth-order valence-corrected chi connectivity index (χ4v) is 3.95. The van der Waals surface area contributed by atoms with E-state index in [0.29, 0.717) is 48.8 Å². The fraction of sp³-hybridized carbons (Fsp3) is 0.278. The zero-order chi connectivity index (χ0) is 19.0. The van der Waals surface area contributed by atoms with Crippen molar-refractivity contribution in [3.8, 4) is 11.3 Å². The summed E-state index contributed by atoms with van der Waals surface area (Å²) in [6, 6.07) is 5.22. The maximum absolute atomic E-state index is 11.9. The third-order valence-corrected chi connectivity index (χ3v) is 5.93. The van der Waals surface area contributed by atoms with Gasteiger partial charge < -0.3 is 10.8 Å². The van der Waals surface area contributed by atoms with Crippen molar-refractivity contribution in [2.45, 2.75) is 20.3 Å². The summed E-state index contributed by atoms with van der Waals surface area (Å²) in [7, 11) is 0. The van der Waals surface area contributed by atoms with E-state index in [1.54, 1.807) is 18.2 Å². The van der Waals surface area contributed by atoms with Gasteiger partial charge in [-0.3, -0.25) is 4.79 Å². The number of ketones is 1. The van der Waals surface area contributed by atoms with Crippen LogP contribution in [0.3, 0.4) is 0 Å². The number of halogens is 2. The van der Waals surface area contributed by atoms with Gasteiger partial charge in [0.25, 0.3) is 0 Å². The molecule has 0 aliphatic heterocycles. The molecule has 0 fully saturated rings. The Balaban J connectivity index is 2.29. The molecule has 0 aliphatic rings. The number of anilines is 1. The van der Waals surface area contributed by atoms with Gasteiger partial charge >= 0.3 is 0 Å². The SMILES string of the molecule is CC(=O)c1sc2nc(C[C@H](C)CO)nc(-c3ccc(Cl)c(Cl)c3)c2c1N. The second-order valence-corrected chi connectivity index (χ2v) is 8.00. The first-order chi connectivity index (χ1) is 12.3. The van der Waals surface area contributed by atoms with Crippen LogP contribution in [0.5, 0.6) is 0 Å². The lowest BCUT2D eigenvalue weighted by molar-refractivity contribution is 0.102. The van der Waals surface area contributed by atoms with Gasteiger partial charge in [0.1, 0.15) is 10.7 Å². The fourth-order valence-electron chi connectivity index (χ4n) is 2.65. The van der Waals surface area contributed by atoms with Crippen LogP contribution in [0.15, 0.2) is 18.2 Å². The zero-order valence-corrected chi connectivity index (χ0v) is 16.5. The quantitative estimate of drug-likeness (QED) is 0.599. The summed E-state index contributed by atoms with van der Waals surface area (Å²) in [5, 5.41) is 10.8. The molecule has 1 aromatic carbocycles. The van der Waals surface area contributed by atoms with Gasteiger partial charge in [0.2, 0.25) is 0 Å². The molecule has 5 nitrogen and oxygen atoms in total. The van der Waals surface area contributed by atoms with Crippen LogP contribution < -0.4 is 5.73 Å². The van der Waals surface area contributed by atoms with Crippen LogP contribution in [-0.2, 0) is 6.42 Å². The summed E-state index contributed by atoms with van der Waals surface area (Å²) < 4.78 is 0. The second kappa shape index (κ2) is 7.48. The van der Waals surface area contributed by atoms with Crippen molar-refractivity contribution in [3.05, 3.63) is 38.9 Å². The first kappa shape index (κ1) is 19.0. The summed E-state index contributed by atoms with van der Waals surface area (Å²) in [5.41, 5.74) is 7.96. The number of aliphatic hydroxyl groups is 1. The molecule has 0 saturated heterocycles. The average molecular weight is 410 g/mol. The second-order valence-electron chi connectivity index (χ2n) is 6.19. The highest BCUT2D eigenvalue weighted by molar-refractivity contribution is 7.21. The molecule has 0 saturated carbocycles. The molecule has 2 heterocycles. The monoisotopic (exact) mass is 409 g/mol. The van der Waals surface area contributed by atoms with Crippen molar-refractivity contribution in [2.75, 3.05) is 12.3 Å². The summed E-state index contributed by atoms with van der Waals surface area (Å²) in [6.07, 6.45) is 0.508. The van der Waals surface area contributed by atoms with E-state index in [1.165, 1.54) is 18.3 Å². The number of nitrogen functional groups attached to an aromatic ring is 1. The third-order valence-electron chi connectivity index (χ3n) is 3.99. The van der Waals surface area contributed by atoms with Crippen molar-refractivity contribution >= 4 is 56.2 Å². The van der Waals surface area contributed by atoms with Crippen LogP contribution in [0.2, 0.25) is 10.0 Å². The Morgan fingerprint density at radius 3 is 2.65 bits per heavy atom. The van der Waals surface area contributed by atoms with Gasteiger partial charge in [0.15, 0.2) is 5.78 Å². The van der Waals surface area contributed by atoms with E-state index in [4.69, 9.17) is 28.9 Å². The van der Waals surface area contributed by atoms with Gasteiger partial charge in [-0.1, -0.05) is 36.2 Å². The molecule has 0 radical (unpaired) electrons. The van der Waals surface area contributed by atoms with E-state index in [-0.39, 0.29) is 18.3 Å². The number of carbonyl (C=O) groups excluding carboxylic acids is 1. The number of hydrogen-bond acceptors (Lipinski definition) is 6. The number of thiophene rings is 1. The predicted molar refractivity (Wildman–Crippen MR) is 107 cm³/mol. The maximum atomic E-state index is 11.9. The molecule has 3 aromatic rings. The Labute approximate surface area is 164 Å². The number of fused-ring (bicyclic) bond motifs is 1. The van der Waals surface area contributed by atoms with Gasteiger partial charge in [0, 0.05) is 25.5 Å². The number of aliphatic hydroxyl groups excluding tert-OH is 1. The molecule has 2 aromatic heterocycles. The molecular weight excluding hydrogens is 393 g/mol. The first-order valence-electron chi connectivity index (χ1n) is 7.98. The lowest BCUT2D eigenvalue weighted by Gasteiger charge is -2.10. The highest BCUT2D eigenvalue weighted by atomic mass is 35.5. The number of nitrogens with two attached hydrogens (primary N) is 1. The van der Waals surface area contributed by atoms with Crippen molar-refractivity contribution < 1.29 is 9.90 Å². The van der Waals surface area contributed by atoms with E-state index in [1.807, 2.05) is 6.92 Å². The predicted octanol–water partition coefficient (Wildman–Crippen LogP) is 4.62. The van der Waals surface area contributed by atoms with E-state index >= 15 is 0 Å². The summed E-state index contributed by atoms with van der Waals surface area (Å²) in [6.45, 7) is 3.42. The first-order valence-corrected chi connectivity index (χ1v) is 9.55. The lowest BCUT2D eigenvalue weighted by atomic mass is 10.1. The van der Waals surface area contributed by atoms with Gasteiger partial charge in [-0.25, -0.2) is 9.97 Å². The van der Waals surface area contributed by atoms with Crippen LogP contribution in [0.1, 0.15) is 29.3 Å².